The molecule has 4 heteroatoms. The number of aliphatic hydroxyl groups is 2. The van der Waals surface area contributed by atoms with E-state index >= 15 is 0 Å². The first-order chi connectivity index (χ1) is 13.6. The van der Waals surface area contributed by atoms with Crippen molar-refractivity contribution < 1.29 is 20.1 Å². The van der Waals surface area contributed by atoms with Crippen LogP contribution in [-0.2, 0) is 4.79 Å². The molecular weight excluding hydrogens is 364 g/mol. The zero-order chi connectivity index (χ0) is 21.1. The monoisotopic (exact) mass is 406 g/mol. The Hall–Kier alpha value is -0.610. The molecule has 3 unspecified atom stereocenters. The smallest absolute Gasteiger partial charge is 0.303 e. The molecule has 4 aliphatic carbocycles. The van der Waals surface area contributed by atoms with Crippen LogP contribution in [0, 0.1) is 52.3 Å². The molecule has 4 rings (SSSR count). The van der Waals surface area contributed by atoms with Crippen LogP contribution in [0.25, 0.3) is 0 Å². The average molecular weight is 407 g/mol. The van der Waals surface area contributed by atoms with Gasteiger partial charge in [0.15, 0.2) is 0 Å². The summed E-state index contributed by atoms with van der Waals surface area (Å²) in [4.78, 5) is 11.4. The highest BCUT2D eigenvalue weighted by atomic mass is 16.4. The fraction of sp³-hybridized carbons (Fsp3) is 0.960. The number of hydrogen-bond acceptors (Lipinski definition) is 3. The van der Waals surface area contributed by atoms with Crippen molar-refractivity contribution in [1.82, 2.24) is 0 Å². The third-order valence-corrected chi connectivity index (χ3v) is 10.6. The van der Waals surface area contributed by atoms with Gasteiger partial charge in [0.1, 0.15) is 0 Å². The van der Waals surface area contributed by atoms with Gasteiger partial charge in [-0.05, 0) is 97.2 Å². The van der Waals surface area contributed by atoms with Crippen LogP contribution in [0.2, 0.25) is 0 Å². The Balaban J connectivity index is 1.66. The molecule has 0 saturated heterocycles. The summed E-state index contributed by atoms with van der Waals surface area (Å²) >= 11 is 0. The summed E-state index contributed by atoms with van der Waals surface area (Å²) in [6, 6.07) is 0. The number of rotatable bonds is 4. The molecule has 0 aromatic heterocycles. The molecule has 0 aromatic rings. The van der Waals surface area contributed by atoms with Gasteiger partial charge in [0.2, 0.25) is 0 Å². The molecule has 0 radical (unpaired) electrons. The fourth-order valence-corrected chi connectivity index (χ4v) is 9.35. The third kappa shape index (κ3) is 3.19. The van der Waals surface area contributed by atoms with Crippen LogP contribution >= 0.6 is 0 Å². The molecule has 0 amide bonds. The number of fused-ring (bicyclic) bond motifs is 5. The van der Waals surface area contributed by atoms with E-state index in [0.29, 0.717) is 29.6 Å². The number of carbonyl (C=O) groups is 1. The minimum atomic E-state index is -0.682. The molecule has 4 saturated carbocycles. The van der Waals surface area contributed by atoms with E-state index in [4.69, 9.17) is 0 Å². The van der Waals surface area contributed by atoms with Crippen molar-refractivity contribution in [3.8, 4) is 0 Å². The molecule has 3 N–H and O–H groups in total. The Labute approximate surface area is 176 Å². The van der Waals surface area contributed by atoms with Crippen LogP contribution in [0.1, 0.15) is 85.5 Å². The van der Waals surface area contributed by atoms with Gasteiger partial charge in [-0.25, -0.2) is 0 Å². The highest BCUT2D eigenvalue weighted by Crippen LogP contribution is 2.69. The second kappa shape index (κ2) is 7.51. The summed E-state index contributed by atoms with van der Waals surface area (Å²) in [6.45, 7) is 9.23. The molecule has 29 heavy (non-hydrogen) atoms. The molecule has 4 nitrogen and oxygen atoms in total. The lowest BCUT2D eigenvalue weighted by atomic mass is 9.41. The van der Waals surface area contributed by atoms with E-state index in [0.717, 1.165) is 44.9 Å². The second-order valence-electron chi connectivity index (χ2n) is 11.7. The molecule has 11 atom stereocenters. The molecular formula is C25H42O4. The van der Waals surface area contributed by atoms with E-state index < -0.39 is 5.97 Å². The third-order valence-electron chi connectivity index (χ3n) is 10.6. The highest BCUT2D eigenvalue weighted by Gasteiger charge is 2.64. The Kier molecular flexibility index (Phi) is 5.60. The predicted octanol–water partition coefficient (Wildman–Crippen LogP) is 4.72. The van der Waals surface area contributed by atoms with Gasteiger partial charge in [-0.15, -0.1) is 0 Å². The maximum absolute atomic E-state index is 11.7. The summed E-state index contributed by atoms with van der Waals surface area (Å²) in [5.41, 5.74) is 0.391. The summed E-state index contributed by atoms with van der Waals surface area (Å²) in [5, 5.41) is 31.4. The highest BCUT2D eigenvalue weighted by molar-refractivity contribution is 5.67. The Morgan fingerprint density at radius 2 is 1.66 bits per heavy atom. The number of hydrogen-bond donors (Lipinski definition) is 3. The van der Waals surface area contributed by atoms with Crippen LogP contribution in [-0.4, -0.2) is 33.5 Å². The Morgan fingerprint density at radius 3 is 2.31 bits per heavy atom. The molecule has 0 aromatic carbocycles. The Bertz CT molecular complexity index is 634. The predicted molar refractivity (Wildman–Crippen MR) is 113 cm³/mol. The standard InChI is InChI=1S/C25H42O4/c1-5-16-20-13-15(26)8-10-25(20,4)19-9-11-24(3)17(14(2)12-21(27)28)6-7-18(24)22(19)23(16)29/h14-20,22-23,26,29H,5-13H2,1-4H3,(H,27,28)/t14-,15-,16-,17?,18?,19?,20+,22+,23-,24-,25-/m1/s1. The first-order valence-corrected chi connectivity index (χ1v) is 12.2. The number of carboxylic acids is 1. The van der Waals surface area contributed by atoms with Crippen LogP contribution in [0.4, 0.5) is 0 Å². The summed E-state index contributed by atoms with van der Waals surface area (Å²) < 4.78 is 0. The van der Waals surface area contributed by atoms with E-state index in [1.807, 2.05) is 0 Å². The van der Waals surface area contributed by atoms with Gasteiger partial charge in [0.25, 0.3) is 0 Å². The van der Waals surface area contributed by atoms with Crippen molar-refractivity contribution in [2.24, 2.45) is 52.3 Å². The van der Waals surface area contributed by atoms with Crippen LogP contribution in [0.5, 0.6) is 0 Å². The first-order valence-electron chi connectivity index (χ1n) is 12.2. The van der Waals surface area contributed by atoms with E-state index in [2.05, 4.69) is 27.7 Å². The van der Waals surface area contributed by atoms with E-state index in [9.17, 15) is 20.1 Å². The van der Waals surface area contributed by atoms with Gasteiger partial charge in [-0.1, -0.05) is 34.1 Å². The van der Waals surface area contributed by atoms with Gasteiger partial charge in [0, 0.05) is 6.42 Å². The minimum absolute atomic E-state index is 0.159. The van der Waals surface area contributed by atoms with E-state index in [1.54, 1.807) is 0 Å². The lowest BCUT2D eigenvalue weighted by Crippen LogP contribution is -2.62. The number of aliphatic hydroxyl groups excluding tert-OH is 2. The fourth-order valence-electron chi connectivity index (χ4n) is 9.35. The zero-order valence-corrected chi connectivity index (χ0v) is 18.8. The van der Waals surface area contributed by atoms with Crippen LogP contribution < -0.4 is 0 Å². The quantitative estimate of drug-likeness (QED) is 0.631. The van der Waals surface area contributed by atoms with Crippen molar-refractivity contribution in [2.75, 3.05) is 0 Å². The molecule has 0 aliphatic heterocycles. The van der Waals surface area contributed by atoms with E-state index in [-0.39, 0.29) is 41.3 Å². The minimum Gasteiger partial charge on any atom is -0.481 e. The van der Waals surface area contributed by atoms with Gasteiger partial charge in [0.05, 0.1) is 12.2 Å². The molecule has 4 aliphatic rings. The SMILES string of the molecule is CC[C@H]1[C@@H](O)[C@H]2C3CCC([C@H](C)CC(=O)O)[C@@]3(C)CCC2[C@@]2(C)CC[C@@H](O)C[C@@H]12. The molecule has 0 bridgehead atoms. The average Bonchev–Trinajstić information content (AvgIpc) is 3.00. The van der Waals surface area contributed by atoms with Crippen molar-refractivity contribution in [3.63, 3.8) is 0 Å². The number of aliphatic carboxylic acids is 1. The van der Waals surface area contributed by atoms with Gasteiger partial charge in [-0.3, -0.25) is 4.79 Å². The van der Waals surface area contributed by atoms with Crippen molar-refractivity contribution in [3.05, 3.63) is 0 Å². The van der Waals surface area contributed by atoms with Crippen molar-refractivity contribution >= 4 is 5.97 Å². The van der Waals surface area contributed by atoms with E-state index in [1.165, 1.54) is 6.42 Å². The lowest BCUT2D eigenvalue weighted by molar-refractivity contribution is -0.203. The maximum atomic E-state index is 11.7. The Morgan fingerprint density at radius 1 is 1.00 bits per heavy atom. The maximum Gasteiger partial charge on any atom is 0.303 e. The summed E-state index contributed by atoms with van der Waals surface area (Å²) in [5.74, 6) is 2.09. The van der Waals surface area contributed by atoms with Gasteiger partial charge < -0.3 is 15.3 Å². The van der Waals surface area contributed by atoms with Crippen molar-refractivity contribution in [2.45, 2.75) is 97.7 Å². The largest absolute Gasteiger partial charge is 0.481 e. The number of carboxylic acid groups (broad SMARTS) is 1. The van der Waals surface area contributed by atoms with Gasteiger partial charge >= 0.3 is 5.97 Å². The summed E-state index contributed by atoms with van der Waals surface area (Å²) in [6.07, 6.45) is 8.21. The first kappa shape index (κ1) is 21.6. The molecule has 0 spiro atoms. The topological polar surface area (TPSA) is 77.8 Å². The zero-order valence-electron chi connectivity index (χ0n) is 18.8. The lowest BCUT2D eigenvalue weighted by Gasteiger charge is -2.64. The van der Waals surface area contributed by atoms with Crippen LogP contribution in [0.3, 0.4) is 0 Å². The summed E-state index contributed by atoms with van der Waals surface area (Å²) in [7, 11) is 0. The molecule has 4 fully saturated rings. The van der Waals surface area contributed by atoms with Crippen LogP contribution in [0.15, 0.2) is 0 Å². The molecule has 166 valence electrons. The van der Waals surface area contributed by atoms with Gasteiger partial charge in [-0.2, -0.15) is 0 Å². The normalized spacial score (nSPS) is 52.9. The van der Waals surface area contributed by atoms with Crippen molar-refractivity contribution in [1.29, 1.82) is 0 Å². The molecule has 0 heterocycles. The second-order valence-corrected chi connectivity index (χ2v) is 11.7.